The number of nitrogens with zero attached hydrogens (tertiary/aromatic N) is 4. The molecule has 1 aliphatic heterocycles. The van der Waals surface area contributed by atoms with E-state index >= 15 is 0 Å². The lowest BCUT2D eigenvalue weighted by Crippen LogP contribution is -2.43. The Morgan fingerprint density at radius 3 is 2.73 bits per heavy atom. The molecule has 1 aliphatic rings. The normalized spacial score (nSPS) is 18.5. The molecule has 2 unspecified atom stereocenters. The van der Waals surface area contributed by atoms with Crippen LogP contribution in [0.1, 0.15) is 60.4 Å². The number of thiazole rings is 1. The summed E-state index contributed by atoms with van der Waals surface area (Å²) in [6, 6.07) is 15.6. The van der Waals surface area contributed by atoms with Crippen LogP contribution in [-0.2, 0) is 16.7 Å². The predicted molar refractivity (Wildman–Crippen MR) is 141 cm³/mol. The van der Waals surface area contributed by atoms with Gasteiger partial charge in [0.15, 0.2) is 5.69 Å². The van der Waals surface area contributed by atoms with E-state index in [0.29, 0.717) is 25.1 Å². The summed E-state index contributed by atoms with van der Waals surface area (Å²) in [6.45, 7) is 3.83. The number of alkyl halides is 3. The summed E-state index contributed by atoms with van der Waals surface area (Å²) in [5.41, 5.74) is 0.437. The van der Waals surface area contributed by atoms with Crippen LogP contribution in [0.5, 0.6) is 0 Å². The first-order valence-corrected chi connectivity index (χ1v) is 14.1. The van der Waals surface area contributed by atoms with E-state index in [1.807, 2.05) is 12.1 Å². The van der Waals surface area contributed by atoms with Gasteiger partial charge in [-0.2, -0.15) is 18.3 Å². The Balaban J connectivity index is 1.34. The summed E-state index contributed by atoms with van der Waals surface area (Å²) in [7, 11) is 0. The first-order chi connectivity index (χ1) is 17.7. The molecule has 0 aliphatic carbocycles. The third kappa shape index (κ3) is 5.40. The van der Waals surface area contributed by atoms with Gasteiger partial charge in [0, 0.05) is 40.6 Å². The van der Waals surface area contributed by atoms with Crippen molar-refractivity contribution in [2.24, 2.45) is 0 Å². The maximum absolute atomic E-state index is 13.3. The smallest absolute Gasteiger partial charge is 0.320 e. The van der Waals surface area contributed by atoms with E-state index in [9.17, 15) is 18.0 Å². The monoisotopic (exact) mass is 544 g/mol. The van der Waals surface area contributed by atoms with Crippen molar-refractivity contribution in [3.8, 4) is 0 Å². The predicted octanol–water partition coefficient (Wildman–Crippen LogP) is 7.43. The van der Waals surface area contributed by atoms with Gasteiger partial charge in [0.25, 0.3) is 0 Å². The minimum Gasteiger partial charge on any atom is -0.320 e. The van der Waals surface area contributed by atoms with Crippen LogP contribution in [0, 0.1) is 6.92 Å². The first-order valence-electron chi connectivity index (χ1n) is 12.2. The molecular formula is C27H27F3N4OS2. The molecule has 4 aromatic rings. The van der Waals surface area contributed by atoms with Gasteiger partial charge in [0.2, 0.25) is 5.91 Å². The Hall–Kier alpha value is -2.85. The summed E-state index contributed by atoms with van der Waals surface area (Å²) in [6.07, 6.45) is -3.61. The molecule has 5 nitrogen and oxygen atoms in total. The zero-order valence-corrected chi connectivity index (χ0v) is 22.2. The molecule has 5 rings (SSSR count). The number of benzene rings is 2. The molecule has 2 atom stereocenters. The summed E-state index contributed by atoms with van der Waals surface area (Å²) >= 11 is 3.33. The number of halogens is 3. The van der Waals surface area contributed by atoms with Crippen LogP contribution in [0.4, 0.5) is 13.2 Å². The van der Waals surface area contributed by atoms with Crippen molar-refractivity contribution >= 4 is 39.8 Å². The van der Waals surface area contributed by atoms with E-state index < -0.39 is 18.0 Å². The summed E-state index contributed by atoms with van der Waals surface area (Å²) in [5, 5.41) is 9.31. The highest BCUT2D eigenvalue weighted by molar-refractivity contribution is 7.98. The van der Waals surface area contributed by atoms with Crippen molar-refractivity contribution < 1.29 is 18.0 Å². The maximum atomic E-state index is 13.3. The number of fused-ring (bicyclic) bond motifs is 1. The second-order valence-electron chi connectivity index (χ2n) is 9.20. The topological polar surface area (TPSA) is 51.0 Å². The van der Waals surface area contributed by atoms with Crippen LogP contribution in [0.3, 0.4) is 0 Å². The molecule has 0 N–H and O–H groups in total. The minimum atomic E-state index is -4.53. The van der Waals surface area contributed by atoms with E-state index in [2.05, 4.69) is 40.8 Å². The Morgan fingerprint density at radius 1 is 1.19 bits per heavy atom. The second kappa shape index (κ2) is 10.5. The first kappa shape index (κ1) is 25.8. The van der Waals surface area contributed by atoms with Crippen molar-refractivity contribution in [1.29, 1.82) is 0 Å². The number of carbonyl (C=O) groups is 1. The minimum absolute atomic E-state index is 0.0464. The van der Waals surface area contributed by atoms with Crippen molar-refractivity contribution in [3.05, 3.63) is 76.0 Å². The molecule has 2 aromatic carbocycles. The van der Waals surface area contributed by atoms with E-state index in [-0.39, 0.29) is 11.8 Å². The largest absolute Gasteiger partial charge is 0.435 e. The van der Waals surface area contributed by atoms with Gasteiger partial charge in [-0.25, -0.2) is 9.67 Å². The van der Waals surface area contributed by atoms with Gasteiger partial charge in [-0.1, -0.05) is 43.3 Å². The quantitative estimate of drug-likeness (QED) is 0.237. The number of aryl methyl sites for hydroxylation is 1. The molecule has 0 bridgehead atoms. The number of piperidine rings is 1. The van der Waals surface area contributed by atoms with Crippen LogP contribution in [0.25, 0.3) is 10.8 Å². The number of aromatic nitrogens is 3. The summed E-state index contributed by atoms with van der Waals surface area (Å²) in [4.78, 5) is 20.4. The van der Waals surface area contributed by atoms with Crippen LogP contribution >= 0.6 is 23.1 Å². The van der Waals surface area contributed by atoms with Crippen molar-refractivity contribution in [2.45, 2.75) is 62.0 Å². The third-order valence-electron chi connectivity index (χ3n) is 6.74. The molecule has 0 saturated carbocycles. The molecule has 1 fully saturated rings. The van der Waals surface area contributed by atoms with Gasteiger partial charge in [-0.05, 0) is 42.7 Å². The molecule has 37 heavy (non-hydrogen) atoms. The number of amides is 1. The average Bonchev–Trinajstić information content (AvgIpc) is 3.53. The average molecular weight is 545 g/mol. The highest BCUT2D eigenvalue weighted by Gasteiger charge is 2.39. The van der Waals surface area contributed by atoms with Gasteiger partial charge in [0.05, 0.1) is 10.7 Å². The molecular weight excluding hydrogens is 517 g/mol. The zero-order valence-electron chi connectivity index (χ0n) is 20.5. The van der Waals surface area contributed by atoms with Gasteiger partial charge in [0.1, 0.15) is 6.17 Å². The van der Waals surface area contributed by atoms with Crippen LogP contribution in [0.2, 0.25) is 0 Å². The van der Waals surface area contributed by atoms with Crippen molar-refractivity contribution in [2.75, 3.05) is 6.54 Å². The van der Waals surface area contributed by atoms with Gasteiger partial charge >= 0.3 is 6.18 Å². The fourth-order valence-corrected chi connectivity index (χ4v) is 6.91. The molecule has 3 heterocycles. The molecule has 10 heteroatoms. The number of rotatable bonds is 6. The van der Waals surface area contributed by atoms with Crippen molar-refractivity contribution in [1.82, 2.24) is 19.7 Å². The highest BCUT2D eigenvalue weighted by Crippen LogP contribution is 2.40. The van der Waals surface area contributed by atoms with E-state index in [1.165, 1.54) is 20.3 Å². The standard InChI is InChI=1S/C27H27F3N4OS2/c1-3-25(35)33-12-11-19(14-24(33)34-17(2)13-23(32-34)27(28,29)30)26-31-20(16-37-26)15-36-22-10-6-8-18-7-4-5-9-21(18)22/h4-10,13,16,19,24H,3,11-12,14-15H2,1-2H3. The van der Waals surface area contributed by atoms with E-state index in [4.69, 9.17) is 4.98 Å². The molecule has 1 amide bonds. The van der Waals surface area contributed by atoms with Gasteiger partial charge < -0.3 is 4.90 Å². The number of hydrogen-bond acceptors (Lipinski definition) is 5. The second-order valence-corrected chi connectivity index (χ2v) is 11.1. The molecule has 194 valence electrons. The molecule has 0 spiro atoms. The Morgan fingerprint density at radius 2 is 1.97 bits per heavy atom. The number of carbonyl (C=O) groups excluding carboxylic acids is 1. The lowest BCUT2D eigenvalue weighted by molar-refractivity contribution is -0.142. The highest BCUT2D eigenvalue weighted by atomic mass is 32.2. The van der Waals surface area contributed by atoms with Crippen molar-refractivity contribution in [3.63, 3.8) is 0 Å². The number of thioether (sulfide) groups is 1. The zero-order chi connectivity index (χ0) is 26.2. The fourth-order valence-electron chi connectivity index (χ4n) is 4.87. The van der Waals surface area contributed by atoms with Crippen LogP contribution in [0.15, 0.2) is 58.8 Å². The summed E-state index contributed by atoms with van der Waals surface area (Å²) < 4.78 is 41.4. The maximum Gasteiger partial charge on any atom is 0.435 e. The third-order valence-corrected chi connectivity index (χ3v) is 8.90. The fraction of sp³-hybridized carbons (Fsp3) is 0.370. The van der Waals surface area contributed by atoms with E-state index in [1.54, 1.807) is 41.8 Å². The van der Waals surface area contributed by atoms with Crippen LogP contribution < -0.4 is 0 Å². The lowest BCUT2D eigenvalue weighted by Gasteiger charge is -2.39. The van der Waals surface area contributed by atoms with Gasteiger partial charge in [-0.15, -0.1) is 23.1 Å². The summed E-state index contributed by atoms with van der Waals surface area (Å²) in [5.74, 6) is 0.692. The number of hydrogen-bond donors (Lipinski definition) is 0. The number of likely N-dealkylation sites (tertiary alicyclic amines) is 1. The van der Waals surface area contributed by atoms with E-state index in [0.717, 1.165) is 28.9 Å². The Bertz CT molecular complexity index is 1410. The van der Waals surface area contributed by atoms with Gasteiger partial charge in [-0.3, -0.25) is 4.79 Å². The Labute approximate surface area is 221 Å². The SMILES string of the molecule is CCC(=O)N1CCC(c2nc(CSc3cccc4ccccc34)cs2)CC1n1nc(C(F)(F)F)cc1C. The molecule has 2 aromatic heterocycles. The molecule has 0 radical (unpaired) electrons. The Kier molecular flexibility index (Phi) is 7.31. The molecule has 1 saturated heterocycles. The lowest BCUT2D eigenvalue weighted by atomic mass is 9.94. The van der Waals surface area contributed by atoms with Crippen LogP contribution in [-0.4, -0.2) is 32.1 Å².